The molecule has 112 valence electrons. The number of amides is 1. The number of carbonyl (C=O) groups excluding carboxylic acids is 1. The van der Waals surface area contributed by atoms with Crippen LogP contribution in [0.2, 0.25) is 0 Å². The molecule has 0 unspecified atom stereocenters. The third-order valence-electron chi connectivity index (χ3n) is 3.20. The number of nitrogens with one attached hydrogen (secondary N) is 1. The Morgan fingerprint density at radius 2 is 2.10 bits per heavy atom. The summed E-state index contributed by atoms with van der Waals surface area (Å²) < 4.78 is 10.6. The van der Waals surface area contributed by atoms with Crippen LogP contribution in [0.4, 0.5) is 0 Å². The van der Waals surface area contributed by atoms with Gasteiger partial charge in [0, 0.05) is 5.56 Å². The molecule has 0 radical (unpaired) electrons. The largest absolute Gasteiger partial charge is 0.497 e. The average Bonchev–Trinajstić information content (AvgIpc) is 2.92. The van der Waals surface area contributed by atoms with Crippen LogP contribution in [0.5, 0.6) is 11.5 Å². The van der Waals surface area contributed by atoms with E-state index in [1.54, 1.807) is 19.7 Å². The summed E-state index contributed by atoms with van der Waals surface area (Å²) in [6.07, 6.45) is 0. The van der Waals surface area contributed by atoms with Gasteiger partial charge in [0.1, 0.15) is 16.4 Å². The first-order valence-corrected chi connectivity index (χ1v) is 7.37. The normalized spacial score (nSPS) is 11.8. The van der Waals surface area contributed by atoms with Crippen LogP contribution in [-0.2, 0) is 0 Å². The average molecular weight is 306 g/mol. The van der Waals surface area contributed by atoms with E-state index in [9.17, 15) is 4.79 Å². The highest BCUT2D eigenvalue weighted by atomic mass is 32.1. The number of ether oxygens (including phenoxy) is 2. The van der Waals surface area contributed by atoms with Crippen LogP contribution < -0.4 is 14.8 Å². The summed E-state index contributed by atoms with van der Waals surface area (Å²) in [6, 6.07) is 5.31. The molecule has 1 amide bonds. The number of hydrogen-bond acceptors (Lipinski definition) is 5. The highest BCUT2D eigenvalue weighted by Crippen LogP contribution is 2.29. The predicted molar refractivity (Wildman–Crippen MR) is 82.3 cm³/mol. The zero-order chi connectivity index (χ0) is 15.4. The summed E-state index contributed by atoms with van der Waals surface area (Å²) in [5.74, 6) is 1.30. The quantitative estimate of drug-likeness (QED) is 0.922. The fourth-order valence-electron chi connectivity index (χ4n) is 2.04. The van der Waals surface area contributed by atoms with Gasteiger partial charge in [-0.15, -0.1) is 11.3 Å². The van der Waals surface area contributed by atoms with Crippen molar-refractivity contribution in [2.75, 3.05) is 14.2 Å². The lowest BCUT2D eigenvalue weighted by atomic mass is 10.1. The van der Waals surface area contributed by atoms with E-state index in [0.29, 0.717) is 10.6 Å². The van der Waals surface area contributed by atoms with E-state index in [4.69, 9.17) is 9.47 Å². The number of benzene rings is 1. The van der Waals surface area contributed by atoms with Crippen molar-refractivity contribution < 1.29 is 14.3 Å². The summed E-state index contributed by atoms with van der Waals surface area (Å²) in [6.45, 7) is 3.73. The van der Waals surface area contributed by atoms with Crippen LogP contribution in [-0.4, -0.2) is 25.1 Å². The van der Waals surface area contributed by atoms with Crippen LogP contribution in [0.1, 0.15) is 33.9 Å². The first-order valence-electron chi connectivity index (χ1n) is 6.49. The predicted octanol–water partition coefficient (Wildman–Crippen LogP) is 2.96. The van der Waals surface area contributed by atoms with Gasteiger partial charge in [0.05, 0.1) is 31.5 Å². The number of aryl methyl sites for hydroxylation is 1. The number of rotatable bonds is 5. The summed E-state index contributed by atoms with van der Waals surface area (Å²) in [7, 11) is 3.21. The fourth-order valence-corrected chi connectivity index (χ4v) is 2.74. The minimum absolute atomic E-state index is 0.132. The molecule has 1 N–H and O–H groups in total. The van der Waals surface area contributed by atoms with E-state index in [2.05, 4.69) is 10.3 Å². The van der Waals surface area contributed by atoms with Gasteiger partial charge in [0.25, 0.3) is 5.91 Å². The van der Waals surface area contributed by atoms with Gasteiger partial charge in [-0.25, -0.2) is 4.98 Å². The van der Waals surface area contributed by atoms with Crippen molar-refractivity contribution in [2.24, 2.45) is 0 Å². The Bertz CT molecular complexity index is 640. The SMILES string of the molecule is COc1ccc(OC)c([C@H](C)NC(=O)c2scnc2C)c1. The molecule has 1 aromatic heterocycles. The van der Waals surface area contributed by atoms with Gasteiger partial charge in [-0.2, -0.15) is 0 Å². The Labute approximate surface area is 127 Å². The lowest BCUT2D eigenvalue weighted by molar-refractivity contribution is 0.0942. The van der Waals surface area contributed by atoms with E-state index < -0.39 is 0 Å². The molecule has 0 spiro atoms. The maximum absolute atomic E-state index is 12.3. The van der Waals surface area contributed by atoms with Gasteiger partial charge in [0.2, 0.25) is 0 Å². The van der Waals surface area contributed by atoms with Crippen molar-refractivity contribution in [3.8, 4) is 11.5 Å². The third kappa shape index (κ3) is 3.33. The standard InChI is InChI=1S/C15H18N2O3S/c1-9(17-15(18)14-10(2)16-8-21-14)12-7-11(19-3)5-6-13(12)20-4/h5-9H,1-4H3,(H,17,18)/t9-/m0/s1. The zero-order valence-corrected chi connectivity index (χ0v) is 13.3. The molecule has 1 aromatic carbocycles. The molecule has 0 aliphatic carbocycles. The summed E-state index contributed by atoms with van der Waals surface area (Å²) in [4.78, 5) is 17.0. The highest BCUT2D eigenvalue weighted by molar-refractivity contribution is 7.11. The lowest BCUT2D eigenvalue weighted by Crippen LogP contribution is -2.26. The van der Waals surface area contributed by atoms with E-state index in [0.717, 1.165) is 17.0 Å². The van der Waals surface area contributed by atoms with Gasteiger partial charge in [-0.05, 0) is 32.0 Å². The number of nitrogens with zero attached hydrogens (tertiary/aromatic N) is 1. The first kappa shape index (κ1) is 15.3. The number of methoxy groups -OCH3 is 2. The van der Waals surface area contributed by atoms with Crippen molar-refractivity contribution in [3.05, 3.63) is 39.8 Å². The van der Waals surface area contributed by atoms with Gasteiger partial charge >= 0.3 is 0 Å². The van der Waals surface area contributed by atoms with Gasteiger partial charge in [0.15, 0.2) is 0 Å². The molecule has 1 heterocycles. The monoisotopic (exact) mass is 306 g/mol. The van der Waals surface area contributed by atoms with Crippen LogP contribution >= 0.6 is 11.3 Å². The number of carbonyl (C=O) groups is 1. The second-order valence-corrected chi connectivity index (χ2v) is 5.42. The number of hydrogen-bond donors (Lipinski definition) is 1. The number of thiazole rings is 1. The number of aromatic nitrogens is 1. The Morgan fingerprint density at radius 1 is 1.33 bits per heavy atom. The molecule has 6 heteroatoms. The van der Waals surface area contributed by atoms with Crippen molar-refractivity contribution in [1.29, 1.82) is 0 Å². The Balaban J connectivity index is 2.22. The lowest BCUT2D eigenvalue weighted by Gasteiger charge is -2.18. The van der Waals surface area contributed by atoms with E-state index in [1.807, 2.05) is 32.0 Å². The first-order chi connectivity index (χ1) is 10.1. The zero-order valence-electron chi connectivity index (χ0n) is 12.5. The van der Waals surface area contributed by atoms with Crippen molar-refractivity contribution >= 4 is 17.2 Å². The molecule has 2 aromatic rings. The smallest absolute Gasteiger partial charge is 0.263 e. The van der Waals surface area contributed by atoms with E-state index >= 15 is 0 Å². The Morgan fingerprint density at radius 3 is 2.67 bits per heavy atom. The third-order valence-corrected chi connectivity index (χ3v) is 4.13. The second kappa shape index (κ2) is 6.58. The molecule has 21 heavy (non-hydrogen) atoms. The molecule has 0 aliphatic rings. The minimum Gasteiger partial charge on any atom is -0.497 e. The van der Waals surface area contributed by atoms with Crippen LogP contribution in [0.25, 0.3) is 0 Å². The summed E-state index contributed by atoms with van der Waals surface area (Å²) in [5, 5.41) is 2.96. The second-order valence-electron chi connectivity index (χ2n) is 4.57. The molecular formula is C15H18N2O3S. The van der Waals surface area contributed by atoms with Crippen molar-refractivity contribution in [1.82, 2.24) is 10.3 Å². The van der Waals surface area contributed by atoms with Crippen molar-refractivity contribution in [3.63, 3.8) is 0 Å². The van der Waals surface area contributed by atoms with Crippen LogP contribution in [0, 0.1) is 6.92 Å². The molecule has 5 nitrogen and oxygen atoms in total. The van der Waals surface area contributed by atoms with E-state index in [1.165, 1.54) is 11.3 Å². The fraction of sp³-hybridized carbons (Fsp3) is 0.333. The van der Waals surface area contributed by atoms with Gasteiger partial charge in [-0.1, -0.05) is 0 Å². The maximum Gasteiger partial charge on any atom is 0.263 e. The van der Waals surface area contributed by atoms with Gasteiger partial charge in [-0.3, -0.25) is 4.79 Å². The minimum atomic E-state index is -0.205. The molecule has 1 atom stereocenters. The molecule has 0 saturated carbocycles. The Hall–Kier alpha value is -2.08. The summed E-state index contributed by atoms with van der Waals surface area (Å²) in [5.41, 5.74) is 3.27. The Kier molecular flexibility index (Phi) is 4.80. The van der Waals surface area contributed by atoms with Crippen LogP contribution in [0.15, 0.2) is 23.7 Å². The maximum atomic E-state index is 12.3. The molecule has 2 rings (SSSR count). The van der Waals surface area contributed by atoms with Crippen LogP contribution in [0.3, 0.4) is 0 Å². The molecule has 0 bridgehead atoms. The van der Waals surface area contributed by atoms with E-state index in [-0.39, 0.29) is 11.9 Å². The van der Waals surface area contributed by atoms with Crippen molar-refractivity contribution in [2.45, 2.75) is 19.9 Å². The molecule has 0 fully saturated rings. The summed E-state index contributed by atoms with van der Waals surface area (Å²) >= 11 is 1.33. The molecule has 0 aliphatic heterocycles. The topological polar surface area (TPSA) is 60.5 Å². The highest BCUT2D eigenvalue weighted by Gasteiger charge is 2.18. The molecular weight excluding hydrogens is 288 g/mol. The molecule has 0 saturated heterocycles. The van der Waals surface area contributed by atoms with Gasteiger partial charge < -0.3 is 14.8 Å².